The van der Waals surface area contributed by atoms with Crippen LogP contribution in [0.3, 0.4) is 0 Å². The molecule has 34 heavy (non-hydrogen) atoms. The molecule has 4 amide bonds. The lowest BCUT2D eigenvalue weighted by atomic mass is 10.1. The predicted molar refractivity (Wildman–Crippen MR) is 101 cm³/mol. The average molecular weight is 508 g/mol. The maximum Gasteiger partial charge on any atom is 0.459 e. The van der Waals surface area contributed by atoms with Crippen molar-refractivity contribution in [2.45, 2.75) is 24.9 Å². The smallest absolute Gasteiger partial charge is 0.383 e. The van der Waals surface area contributed by atoms with Crippen molar-refractivity contribution in [1.82, 2.24) is 14.7 Å². The lowest BCUT2D eigenvalue weighted by Crippen LogP contribution is -2.58. The van der Waals surface area contributed by atoms with Gasteiger partial charge in [0.1, 0.15) is 6.54 Å². The predicted octanol–water partition coefficient (Wildman–Crippen LogP) is 0.0899. The van der Waals surface area contributed by atoms with Gasteiger partial charge in [-0.05, 0) is 0 Å². The van der Waals surface area contributed by atoms with Crippen molar-refractivity contribution in [2.75, 3.05) is 53.0 Å². The molecular formula is C18H23F7N4O5. The highest BCUT2D eigenvalue weighted by Crippen LogP contribution is 2.46. The summed E-state index contributed by atoms with van der Waals surface area (Å²) in [6, 6.07) is 0. The number of nitrogens with zero attached hydrogens (tertiary/aromatic N) is 3. The standard InChI is InChI=1S/C18H23F7N4O5/c1-4-5-27(8-13(26)31)14(32)9-28(6-7-34-3)15(33)10-29(12(2)30)11-16(19,20)17(21,22)18(23,24)25/h1H,5-11H2,2-3H3,(H2,26,31). The van der Waals surface area contributed by atoms with E-state index in [2.05, 4.69) is 5.92 Å². The Morgan fingerprint density at radius 2 is 1.41 bits per heavy atom. The average Bonchev–Trinajstić information content (AvgIpc) is 2.68. The Morgan fingerprint density at radius 3 is 1.82 bits per heavy atom. The van der Waals surface area contributed by atoms with Gasteiger partial charge in [0, 0.05) is 20.6 Å². The van der Waals surface area contributed by atoms with Crippen LogP contribution in [0.15, 0.2) is 0 Å². The summed E-state index contributed by atoms with van der Waals surface area (Å²) in [6.45, 7) is -5.66. The van der Waals surface area contributed by atoms with E-state index in [1.54, 1.807) is 0 Å². The molecule has 0 heterocycles. The van der Waals surface area contributed by atoms with Crippen molar-refractivity contribution in [3.8, 4) is 12.3 Å². The number of ether oxygens (including phenoxy) is 1. The van der Waals surface area contributed by atoms with E-state index in [4.69, 9.17) is 16.9 Å². The van der Waals surface area contributed by atoms with Crippen molar-refractivity contribution in [3.63, 3.8) is 0 Å². The number of terminal acetylenes is 1. The van der Waals surface area contributed by atoms with Gasteiger partial charge in [0.15, 0.2) is 0 Å². The van der Waals surface area contributed by atoms with Crippen LogP contribution in [0.5, 0.6) is 0 Å². The Labute approximate surface area is 189 Å². The van der Waals surface area contributed by atoms with E-state index in [1.807, 2.05) is 0 Å². The van der Waals surface area contributed by atoms with Crippen molar-refractivity contribution < 1.29 is 54.6 Å². The van der Waals surface area contributed by atoms with Gasteiger partial charge in [0.05, 0.1) is 32.8 Å². The molecule has 0 aromatic heterocycles. The van der Waals surface area contributed by atoms with Gasteiger partial charge in [-0.2, -0.15) is 30.7 Å². The largest absolute Gasteiger partial charge is 0.459 e. The fourth-order valence-electron chi connectivity index (χ4n) is 2.38. The highest BCUT2D eigenvalue weighted by Gasteiger charge is 2.73. The summed E-state index contributed by atoms with van der Waals surface area (Å²) < 4.78 is 95.8. The maximum atomic E-state index is 13.8. The lowest BCUT2D eigenvalue weighted by molar-refractivity contribution is -0.355. The van der Waals surface area contributed by atoms with Gasteiger partial charge in [-0.1, -0.05) is 5.92 Å². The zero-order valence-corrected chi connectivity index (χ0v) is 18.1. The molecular weight excluding hydrogens is 485 g/mol. The van der Waals surface area contributed by atoms with E-state index in [0.717, 1.165) is 4.90 Å². The van der Waals surface area contributed by atoms with Gasteiger partial charge in [-0.3, -0.25) is 19.2 Å². The first-order chi connectivity index (χ1) is 15.4. The maximum absolute atomic E-state index is 13.8. The molecule has 194 valence electrons. The molecule has 0 unspecified atom stereocenters. The summed E-state index contributed by atoms with van der Waals surface area (Å²) in [7, 11) is 1.20. The third-order valence-electron chi connectivity index (χ3n) is 4.20. The zero-order chi connectivity index (χ0) is 26.9. The fourth-order valence-corrected chi connectivity index (χ4v) is 2.38. The van der Waals surface area contributed by atoms with Crippen LogP contribution in [0.2, 0.25) is 0 Å². The van der Waals surface area contributed by atoms with E-state index in [1.165, 1.54) is 7.11 Å². The second-order valence-electron chi connectivity index (χ2n) is 6.88. The second-order valence-corrected chi connectivity index (χ2v) is 6.88. The molecule has 0 aliphatic rings. The van der Waals surface area contributed by atoms with Gasteiger partial charge in [-0.25, -0.2) is 0 Å². The van der Waals surface area contributed by atoms with Crippen LogP contribution in [-0.4, -0.2) is 109 Å². The van der Waals surface area contributed by atoms with Crippen LogP contribution in [-0.2, 0) is 23.9 Å². The van der Waals surface area contributed by atoms with Crippen LogP contribution in [0, 0.1) is 12.3 Å². The lowest BCUT2D eigenvalue weighted by Gasteiger charge is -2.33. The van der Waals surface area contributed by atoms with Crippen molar-refractivity contribution in [1.29, 1.82) is 0 Å². The molecule has 0 saturated heterocycles. The van der Waals surface area contributed by atoms with E-state index >= 15 is 0 Å². The van der Waals surface area contributed by atoms with Crippen molar-refractivity contribution in [2.24, 2.45) is 5.73 Å². The molecule has 0 aromatic carbocycles. The molecule has 9 nitrogen and oxygen atoms in total. The molecule has 0 radical (unpaired) electrons. The molecule has 0 fully saturated rings. The molecule has 0 aliphatic carbocycles. The number of alkyl halides is 7. The number of carbonyl (C=O) groups excluding carboxylic acids is 4. The normalized spacial score (nSPS) is 12.0. The fraction of sp³-hybridized carbons (Fsp3) is 0.667. The Bertz CT molecular complexity index is 799. The molecule has 0 rings (SSSR count). The van der Waals surface area contributed by atoms with E-state index in [-0.39, 0.29) is 18.1 Å². The monoisotopic (exact) mass is 508 g/mol. The Balaban J connectivity index is 5.71. The summed E-state index contributed by atoms with van der Waals surface area (Å²) in [5, 5.41) is 0. The minimum absolute atomic E-state index is 0.213. The number of primary amides is 1. The number of carbonyl (C=O) groups is 4. The van der Waals surface area contributed by atoms with Gasteiger partial charge in [0.2, 0.25) is 23.6 Å². The quantitative estimate of drug-likeness (QED) is 0.280. The van der Waals surface area contributed by atoms with Gasteiger partial charge in [0.25, 0.3) is 0 Å². The number of amides is 4. The van der Waals surface area contributed by atoms with Crippen LogP contribution in [0.1, 0.15) is 6.92 Å². The molecule has 0 aromatic rings. The van der Waals surface area contributed by atoms with Crippen LogP contribution >= 0.6 is 0 Å². The first-order valence-electron chi connectivity index (χ1n) is 9.25. The molecule has 0 saturated carbocycles. The summed E-state index contributed by atoms with van der Waals surface area (Å²) in [5.74, 6) is -14.7. The molecule has 0 spiro atoms. The van der Waals surface area contributed by atoms with E-state index < -0.39 is 74.4 Å². The number of hydrogen-bond donors (Lipinski definition) is 1. The first-order valence-corrected chi connectivity index (χ1v) is 9.25. The molecule has 16 heteroatoms. The van der Waals surface area contributed by atoms with Crippen LogP contribution in [0.25, 0.3) is 0 Å². The number of hydrogen-bond acceptors (Lipinski definition) is 5. The third-order valence-corrected chi connectivity index (χ3v) is 4.20. The number of nitrogens with two attached hydrogens (primary N) is 1. The van der Waals surface area contributed by atoms with Crippen LogP contribution < -0.4 is 5.73 Å². The van der Waals surface area contributed by atoms with Crippen LogP contribution in [0.4, 0.5) is 30.7 Å². The van der Waals surface area contributed by atoms with E-state index in [9.17, 15) is 49.9 Å². The summed E-state index contributed by atoms with van der Waals surface area (Å²) in [4.78, 5) is 48.9. The summed E-state index contributed by atoms with van der Waals surface area (Å²) in [6.07, 6.45) is -1.54. The highest BCUT2D eigenvalue weighted by atomic mass is 19.4. The summed E-state index contributed by atoms with van der Waals surface area (Å²) >= 11 is 0. The van der Waals surface area contributed by atoms with E-state index in [0.29, 0.717) is 11.8 Å². The molecule has 2 N–H and O–H groups in total. The number of methoxy groups -OCH3 is 1. The second kappa shape index (κ2) is 12.4. The highest BCUT2D eigenvalue weighted by molar-refractivity contribution is 5.89. The minimum atomic E-state index is -6.62. The zero-order valence-electron chi connectivity index (χ0n) is 18.1. The van der Waals surface area contributed by atoms with Crippen molar-refractivity contribution in [3.05, 3.63) is 0 Å². The minimum Gasteiger partial charge on any atom is -0.383 e. The molecule has 0 atom stereocenters. The first kappa shape index (κ1) is 30.9. The Hall–Kier alpha value is -3.09. The SMILES string of the molecule is C#CCN(CC(N)=O)C(=O)CN(CCOC)C(=O)CN(CC(F)(F)C(F)(F)C(F)(F)F)C(C)=O. The Kier molecular flexibility index (Phi) is 11.3. The third kappa shape index (κ3) is 8.69. The number of rotatable bonds is 13. The molecule has 0 bridgehead atoms. The Morgan fingerprint density at radius 1 is 0.912 bits per heavy atom. The van der Waals surface area contributed by atoms with Gasteiger partial charge < -0.3 is 25.2 Å². The topological polar surface area (TPSA) is 113 Å². The molecule has 0 aliphatic heterocycles. The van der Waals surface area contributed by atoms with Gasteiger partial charge in [-0.15, -0.1) is 6.42 Å². The summed E-state index contributed by atoms with van der Waals surface area (Å²) in [5.41, 5.74) is 5.00. The van der Waals surface area contributed by atoms with Gasteiger partial charge >= 0.3 is 18.0 Å². The van der Waals surface area contributed by atoms with Crippen molar-refractivity contribution >= 4 is 23.6 Å². The number of halogens is 7.